The number of hydrogen-bond acceptors (Lipinski definition) is 3. The fourth-order valence-corrected chi connectivity index (χ4v) is 3.27. The molecule has 18 heavy (non-hydrogen) atoms. The van der Waals surface area contributed by atoms with Crippen LogP contribution in [-0.2, 0) is 6.42 Å². The molecule has 0 bridgehead atoms. The molecule has 4 heteroatoms. The van der Waals surface area contributed by atoms with Crippen molar-refractivity contribution in [3.8, 4) is 5.75 Å². The summed E-state index contributed by atoms with van der Waals surface area (Å²) in [5, 5.41) is 12.2. The number of benzene rings is 1. The van der Waals surface area contributed by atoms with E-state index in [4.69, 9.17) is 4.74 Å². The minimum atomic E-state index is -0.476. The topological polar surface area (TPSA) is 29.5 Å². The van der Waals surface area contributed by atoms with Gasteiger partial charge in [-0.15, -0.1) is 11.3 Å². The molecular formula is C14H15BrO2S. The van der Waals surface area contributed by atoms with E-state index in [1.807, 2.05) is 42.6 Å². The molecule has 1 heterocycles. The molecule has 1 N–H and O–H groups in total. The highest BCUT2D eigenvalue weighted by atomic mass is 79.9. The van der Waals surface area contributed by atoms with Crippen molar-refractivity contribution >= 4 is 27.3 Å². The van der Waals surface area contributed by atoms with Crippen LogP contribution in [0.1, 0.15) is 23.5 Å². The molecule has 0 saturated heterocycles. The van der Waals surface area contributed by atoms with Crippen molar-refractivity contribution in [2.24, 2.45) is 0 Å². The van der Waals surface area contributed by atoms with Crippen LogP contribution in [0.15, 0.2) is 40.2 Å². The zero-order valence-corrected chi connectivity index (χ0v) is 12.5. The third-order valence-electron chi connectivity index (χ3n) is 2.65. The molecule has 0 aliphatic carbocycles. The van der Waals surface area contributed by atoms with E-state index in [1.54, 1.807) is 11.3 Å². The van der Waals surface area contributed by atoms with Gasteiger partial charge in [0.15, 0.2) is 0 Å². The van der Waals surface area contributed by atoms with Crippen LogP contribution in [0.4, 0.5) is 0 Å². The summed E-state index contributed by atoms with van der Waals surface area (Å²) in [4.78, 5) is 1.16. The van der Waals surface area contributed by atoms with E-state index in [1.165, 1.54) is 0 Å². The van der Waals surface area contributed by atoms with Gasteiger partial charge < -0.3 is 9.84 Å². The third-order valence-corrected chi connectivity index (χ3v) is 4.59. The first-order valence-corrected chi connectivity index (χ1v) is 7.50. The summed E-state index contributed by atoms with van der Waals surface area (Å²) < 4.78 is 6.45. The Labute approximate surface area is 119 Å². The number of aliphatic hydroxyl groups is 1. The molecule has 2 aromatic rings. The molecule has 1 unspecified atom stereocenters. The van der Waals surface area contributed by atoms with Crippen molar-refractivity contribution in [1.82, 2.24) is 0 Å². The number of hydrogen-bond donors (Lipinski definition) is 1. The van der Waals surface area contributed by atoms with Gasteiger partial charge in [0, 0.05) is 15.8 Å². The second kappa shape index (κ2) is 6.36. The summed E-state index contributed by atoms with van der Waals surface area (Å²) in [5.41, 5.74) is 0.916. The number of aliphatic hydroxyl groups excluding tert-OH is 1. The highest BCUT2D eigenvalue weighted by Gasteiger charge is 2.11. The molecule has 2 rings (SSSR count). The lowest BCUT2D eigenvalue weighted by molar-refractivity contribution is 0.179. The smallest absolute Gasteiger partial charge is 0.119 e. The van der Waals surface area contributed by atoms with Crippen molar-refractivity contribution < 1.29 is 9.84 Å². The standard InChI is InChI=1S/C14H15BrO2S/c1-2-17-11-5-3-10(4-6-11)13(16)9-14-12(15)7-8-18-14/h3-8,13,16H,2,9H2,1H3. The Bertz CT molecular complexity index is 493. The minimum absolute atomic E-state index is 0.476. The van der Waals surface area contributed by atoms with E-state index < -0.39 is 6.10 Å². The van der Waals surface area contributed by atoms with Crippen molar-refractivity contribution in [2.75, 3.05) is 6.61 Å². The van der Waals surface area contributed by atoms with Gasteiger partial charge in [-0.25, -0.2) is 0 Å². The predicted molar refractivity (Wildman–Crippen MR) is 78.3 cm³/mol. The first kappa shape index (κ1) is 13.6. The van der Waals surface area contributed by atoms with Gasteiger partial charge in [-0.1, -0.05) is 12.1 Å². The van der Waals surface area contributed by atoms with Crippen LogP contribution in [0.25, 0.3) is 0 Å². The molecule has 0 aliphatic rings. The summed E-state index contributed by atoms with van der Waals surface area (Å²) in [6.07, 6.45) is 0.155. The quantitative estimate of drug-likeness (QED) is 0.892. The van der Waals surface area contributed by atoms with Crippen LogP contribution in [0.3, 0.4) is 0 Å². The molecular weight excluding hydrogens is 312 g/mol. The molecule has 0 amide bonds. The van der Waals surface area contributed by atoms with Gasteiger partial charge in [0.25, 0.3) is 0 Å². The largest absolute Gasteiger partial charge is 0.494 e. The maximum Gasteiger partial charge on any atom is 0.119 e. The van der Waals surface area contributed by atoms with Crippen LogP contribution in [0.2, 0.25) is 0 Å². The van der Waals surface area contributed by atoms with Crippen LogP contribution in [-0.4, -0.2) is 11.7 Å². The van der Waals surface area contributed by atoms with Crippen molar-refractivity contribution in [1.29, 1.82) is 0 Å². The summed E-state index contributed by atoms with van der Waals surface area (Å²) in [6.45, 7) is 2.61. The molecule has 1 atom stereocenters. The molecule has 0 radical (unpaired) electrons. The van der Waals surface area contributed by atoms with Crippen LogP contribution in [0.5, 0.6) is 5.75 Å². The summed E-state index contributed by atoms with van der Waals surface area (Å²) >= 11 is 5.13. The Kier molecular flexibility index (Phi) is 4.80. The van der Waals surface area contributed by atoms with Gasteiger partial charge in [-0.2, -0.15) is 0 Å². The summed E-state index contributed by atoms with van der Waals surface area (Å²) in [5.74, 6) is 0.839. The van der Waals surface area contributed by atoms with Crippen molar-refractivity contribution in [2.45, 2.75) is 19.4 Å². The summed E-state index contributed by atoms with van der Waals surface area (Å²) in [6, 6.07) is 9.62. The molecule has 96 valence electrons. The first-order chi connectivity index (χ1) is 8.70. The minimum Gasteiger partial charge on any atom is -0.494 e. The van der Waals surface area contributed by atoms with Gasteiger partial charge >= 0.3 is 0 Å². The molecule has 0 aliphatic heterocycles. The average Bonchev–Trinajstić information content (AvgIpc) is 2.76. The SMILES string of the molecule is CCOc1ccc(C(O)Cc2sccc2Br)cc1. The van der Waals surface area contributed by atoms with Gasteiger partial charge in [0.2, 0.25) is 0 Å². The van der Waals surface area contributed by atoms with E-state index in [0.29, 0.717) is 13.0 Å². The lowest BCUT2D eigenvalue weighted by Gasteiger charge is -2.11. The van der Waals surface area contributed by atoms with Crippen LogP contribution < -0.4 is 4.74 Å². The molecule has 2 nitrogen and oxygen atoms in total. The van der Waals surface area contributed by atoms with Gasteiger partial charge in [-0.05, 0) is 52.0 Å². The number of halogens is 1. The zero-order chi connectivity index (χ0) is 13.0. The van der Waals surface area contributed by atoms with Gasteiger partial charge in [0.05, 0.1) is 12.7 Å². The fraction of sp³-hybridized carbons (Fsp3) is 0.286. The number of ether oxygens (including phenoxy) is 1. The molecule has 0 spiro atoms. The van der Waals surface area contributed by atoms with Crippen molar-refractivity contribution in [3.63, 3.8) is 0 Å². The highest BCUT2D eigenvalue weighted by Crippen LogP contribution is 2.28. The van der Waals surface area contributed by atoms with E-state index in [0.717, 1.165) is 20.7 Å². The normalized spacial score (nSPS) is 12.4. The monoisotopic (exact) mass is 326 g/mol. The summed E-state index contributed by atoms with van der Waals surface area (Å²) in [7, 11) is 0. The van der Waals surface area contributed by atoms with Crippen molar-refractivity contribution in [3.05, 3.63) is 50.6 Å². The second-order valence-electron chi connectivity index (χ2n) is 3.91. The van der Waals surface area contributed by atoms with E-state index in [-0.39, 0.29) is 0 Å². The Morgan fingerprint density at radius 1 is 1.28 bits per heavy atom. The predicted octanol–water partition coefficient (Wildman–Crippen LogP) is 4.19. The Morgan fingerprint density at radius 2 is 2.00 bits per heavy atom. The molecule has 0 saturated carbocycles. The number of thiophene rings is 1. The fourth-order valence-electron chi connectivity index (χ4n) is 1.72. The molecule has 1 aromatic carbocycles. The van der Waals surface area contributed by atoms with E-state index in [2.05, 4.69) is 15.9 Å². The van der Waals surface area contributed by atoms with Crippen LogP contribution in [0, 0.1) is 0 Å². The van der Waals surface area contributed by atoms with Gasteiger partial charge in [0.1, 0.15) is 5.75 Å². The zero-order valence-electron chi connectivity index (χ0n) is 10.1. The first-order valence-electron chi connectivity index (χ1n) is 5.83. The van der Waals surface area contributed by atoms with E-state index >= 15 is 0 Å². The van der Waals surface area contributed by atoms with E-state index in [9.17, 15) is 5.11 Å². The Balaban J connectivity index is 2.04. The maximum absolute atomic E-state index is 10.2. The molecule has 0 fully saturated rings. The molecule has 1 aromatic heterocycles. The Morgan fingerprint density at radius 3 is 2.56 bits per heavy atom. The highest BCUT2D eigenvalue weighted by molar-refractivity contribution is 9.10. The average molecular weight is 327 g/mol. The Hall–Kier alpha value is -0.840. The third kappa shape index (κ3) is 3.34. The lowest BCUT2D eigenvalue weighted by Crippen LogP contribution is -2.01. The maximum atomic E-state index is 10.2. The van der Waals surface area contributed by atoms with Gasteiger partial charge in [-0.3, -0.25) is 0 Å². The van der Waals surface area contributed by atoms with Crippen LogP contribution >= 0.6 is 27.3 Å². The second-order valence-corrected chi connectivity index (χ2v) is 5.77. The number of rotatable bonds is 5. The lowest BCUT2D eigenvalue weighted by atomic mass is 10.1.